The second-order valence-corrected chi connectivity index (χ2v) is 11.4. The molecule has 3 aromatic rings. The number of quaternary nitrogens is 1. The molecule has 2 fully saturated rings. The number of nitrogens with one attached hydrogen (secondary N) is 1. The summed E-state index contributed by atoms with van der Waals surface area (Å²) in [6.45, 7) is 3.53. The van der Waals surface area contributed by atoms with Crippen LogP contribution in [0.5, 0.6) is 5.75 Å². The van der Waals surface area contributed by atoms with Crippen LogP contribution >= 0.6 is 0 Å². The monoisotopic (exact) mass is 576 g/mol. The van der Waals surface area contributed by atoms with Crippen molar-refractivity contribution < 1.29 is 28.5 Å². The number of hydrogen-bond acceptors (Lipinski definition) is 9. The molecule has 1 aromatic carbocycles. The Hall–Kier alpha value is -3.14. The first-order chi connectivity index (χ1) is 19.2. The van der Waals surface area contributed by atoms with Gasteiger partial charge in [0, 0.05) is 48.3 Å². The third kappa shape index (κ3) is 6.27. The van der Waals surface area contributed by atoms with E-state index in [-0.39, 0.29) is 29.1 Å². The van der Waals surface area contributed by atoms with Crippen molar-refractivity contribution in [2.24, 2.45) is 0 Å². The van der Waals surface area contributed by atoms with E-state index in [4.69, 9.17) is 9.94 Å². The minimum atomic E-state index is -1.37. The number of hydrogen-bond donors (Lipinski definition) is 2. The van der Waals surface area contributed by atoms with Gasteiger partial charge >= 0.3 is 5.56 Å². The lowest BCUT2D eigenvalue weighted by molar-refractivity contribution is -0.993. The Morgan fingerprint density at radius 2 is 1.77 bits per heavy atom. The maximum absolute atomic E-state index is 13.9. The molecular formula is C26H30F2N6O5S. The first-order valence-corrected chi connectivity index (χ1v) is 14.3. The summed E-state index contributed by atoms with van der Waals surface area (Å²) < 4.78 is 49.8. The molecule has 1 unspecified atom stereocenters. The number of halogens is 2. The molecule has 1 saturated heterocycles. The van der Waals surface area contributed by atoms with E-state index >= 15 is 0 Å². The lowest BCUT2D eigenvalue weighted by atomic mass is 10.2. The van der Waals surface area contributed by atoms with Crippen LogP contribution in [-0.2, 0) is 17.1 Å². The van der Waals surface area contributed by atoms with Crippen molar-refractivity contribution in [2.75, 3.05) is 31.1 Å². The van der Waals surface area contributed by atoms with Gasteiger partial charge in [0.1, 0.15) is 17.3 Å². The van der Waals surface area contributed by atoms with Crippen molar-refractivity contribution >= 4 is 22.9 Å². The van der Waals surface area contributed by atoms with Gasteiger partial charge in [-0.05, 0) is 50.3 Å². The Labute approximate surface area is 232 Å². The molecule has 40 heavy (non-hydrogen) atoms. The number of aryl methyl sites for hydroxylation is 1. The molecule has 0 amide bonds. The highest BCUT2D eigenvalue weighted by atomic mass is 32.2. The molecule has 2 N–H and O–H groups in total. The third-order valence-corrected chi connectivity index (χ3v) is 8.68. The Balaban J connectivity index is 1.33. The molecule has 3 heterocycles. The average Bonchev–Trinajstić information content (AvgIpc) is 3.43. The van der Waals surface area contributed by atoms with Gasteiger partial charge < -0.3 is 19.4 Å². The molecule has 214 valence electrons. The van der Waals surface area contributed by atoms with Gasteiger partial charge in [-0.2, -0.15) is 15.0 Å². The predicted octanol–water partition coefficient (Wildman–Crippen LogP) is 1.92. The van der Waals surface area contributed by atoms with Crippen LogP contribution in [0, 0.1) is 23.8 Å². The summed E-state index contributed by atoms with van der Waals surface area (Å²) >= 11 is -1.37. The number of nitrogens with zero attached hydrogens (tertiary/aromatic N) is 5. The highest BCUT2D eigenvalue weighted by Crippen LogP contribution is 2.31. The summed E-state index contributed by atoms with van der Waals surface area (Å²) in [5.41, 5.74) is 1.26. The summed E-state index contributed by atoms with van der Waals surface area (Å²) in [4.78, 5) is 19.4. The van der Waals surface area contributed by atoms with Gasteiger partial charge in [0.05, 0.1) is 31.1 Å². The van der Waals surface area contributed by atoms with Crippen LogP contribution in [0.4, 0.5) is 20.3 Å². The number of ether oxygens (including phenoxy) is 1. The lowest BCUT2D eigenvalue weighted by Gasteiger charge is -2.36. The molecule has 2 aromatic heterocycles. The van der Waals surface area contributed by atoms with E-state index in [1.165, 1.54) is 18.5 Å². The number of rotatable bonds is 8. The summed E-state index contributed by atoms with van der Waals surface area (Å²) in [6.07, 6.45) is 6.39. The Morgan fingerprint density at radius 3 is 2.40 bits per heavy atom. The molecule has 1 aliphatic carbocycles. The van der Waals surface area contributed by atoms with Crippen molar-refractivity contribution in [3.63, 3.8) is 0 Å². The zero-order valence-electron chi connectivity index (χ0n) is 21.9. The van der Waals surface area contributed by atoms with Gasteiger partial charge in [0.25, 0.3) is 5.82 Å². The predicted molar refractivity (Wildman–Crippen MR) is 143 cm³/mol. The lowest BCUT2D eigenvalue weighted by Crippen LogP contribution is -2.99. The zero-order chi connectivity index (χ0) is 28.4. The Bertz CT molecular complexity index is 1390. The molecular weight excluding hydrogens is 546 g/mol. The molecule has 0 spiro atoms. The number of pyridine rings is 1. The van der Waals surface area contributed by atoms with Crippen molar-refractivity contribution in [1.29, 1.82) is 0 Å². The van der Waals surface area contributed by atoms with Crippen LogP contribution < -0.4 is 20.4 Å². The van der Waals surface area contributed by atoms with Gasteiger partial charge in [-0.1, -0.05) is 0 Å². The van der Waals surface area contributed by atoms with Crippen LogP contribution in [0.3, 0.4) is 0 Å². The van der Waals surface area contributed by atoms with Crippen LogP contribution in [0.25, 0.3) is 5.69 Å². The van der Waals surface area contributed by atoms with E-state index in [0.29, 0.717) is 43.0 Å². The van der Waals surface area contributed by atoms with Crippen LogP contribution in [0.15, 0.2) is 41.5 Å². The third-order valence-electron chi connectivity index (χ3n) is 7.18. The first kappa shape index (κ1) is 28.4. The Kier molecular flexibility index (Phi) is 8.63. The number of benzene rings is 1. The molecule has 1 saturated carbocycles. The van der Waals surface area contributed by atoms with Crippen molar-refractivity contribution in [1.82, 2.24) is 19.1 Å². The highest BCUT2D eigenvalue weighted by Gasteiger charge is 2.30. The Morgan fingerprint density at radius 1 is 1.10 bits per heavy atom. The van der Waals surface area contributed by atoms with E-state index in [1.807, 2.05) is 9.21 Å². The fraction of sp³-hybridized carbons (Fsp3) is 0.423. The van der Waals surface area contributed by atoms with E-state index in [9.17, 15) is 23.3 Å². The zero-order valence-corrected chi connectivity index (χ0v) is 22.7. The van der Waals surface area contributed by atoms with Crippen LogP contribution in [-0.4, -0.2) is 61.1 Å². The maximum Gasteiger partial charge on any atom is 0.316 e. The maximum atomic E-state index is 13.9. The second-order valence-electron chi connectivity index (χ2n) is 9.91. The standard InChI is InChI=1S/C26H30F2N6O5S/c1-17-10-24(34(36)37)29-14-18(17)16-40(38)32-8-6-31(7-9-32)23-15-30-33(21-12-19(27)11-20(28)13-21)26(35)25(23)39-22-4-2-3-5-22/h10-15,22,34,36H,2-9,16H2,1H3. The largest absolute Gasteiger partial charge is 0.598 e. The number of piperazine rings is 1. The molecule has 2 aliphatic rings. The minimum absolute atomic E-state index is 0.0355. The van der Waals surface area contributed by atoms with Crippen LogP contribution in [0.2, 0.25) is 0 Å². The summed E-state index contributed by atoms with van der Waals surface area (Å²) in [7, 11) is 0. The van der Waals surface area contributed by atoms with Crippen molar-refractivity contribution in [2.45, 2.75) is 44.5 Å². The topological polar surface area (TPSA) is 134 Å². The molecule has 1 aliphatic heterocycles. The number of anilines is 1. The first-order valence-electron chi connectivity index (χ1n) is 13.0. The smallest absolute Gasteiger partial charge is 0.316 e. The van der Waals surface area contributed by atoms with Gasteiger partial charge in [0.15, 0.2) is 5.75 Å². The molecule has 2 atom stereocenters. The quantitative estimate of drug-likeness (QED) is 0.305. The SMILES string of the molecule is Cc1cc([N@H+]([O-])O)ncc1C[S+]([O-])N1CCN(c2cnn(-c3cc(F)cc(F)c3)c(=O)c2OC2CCCC2)CC1. The minimum Gasteiger partial charge on any atom is -0.598 e. The number of aromatic nitrogens is 3. The van der Waals surface area contributed by atoms with E-state index < -0.39 is 33.8 Å². The van der Waals surface area contributed by atoms with E-state index in [2.05, 4.69) is 10.1 Å². The van der Waals surface area contributed by atoms with Gasteiger partial charge in [-0.15, -0.1) is 4.31 Å². The summed E-state index contributed by atoms with van der Waals surface area (Å²) in [6, 6.07) is 4.27. The van der Waals surface area contributed by atoms with E-state index in [0.717, 1.165) is 48.6 Å². The van der Waals surface area contributed by atoms with Crippen LogP contribution in [0.1, 0.15) is 36.8 Å². The van der Waals surface area contributed by atoms with Gasteiger partial charge in [0.2, 0.25) is 5.75 Å². The molecule has 0 bridgehead atoms. The molecule has 0 radical (unpaired) electrons. The fourth-order valence-corrected chi connectivity index (χ4v) is 6.31. The fourth-order valence-electron chi connectivity index (χ4n) is 4.99. The average molecular weight is 577 g/mol. The van der Waals surface area contributed by atoms with Crippen molar-refractivity contribution in [3.05, 3.63) is 75.0 Å². The molecule has 5 rings (SSSR count). The highest BCUT2D eigenvalue weighted by molar-refractivity contribution is 7.88. The van der Waals surface area contributed by atoms with Gasteiger partial charge in [-0.3, -0.25) is 4.79 Å². The van der Waals surface area contributed by atoms with E-state index in [1.54, 1.807) is 6.92 Å². The molecule has 14 heteroatoms. The van der Waals surface area contributed by atoms with Gasteiger partial charge in [-0.25, -0.2) is 19.0 Å². The normalized spacial score (nSPS) is 18.2. The van der Waals surface area contributed by atoms with Crippen molar-refractivity contribution in [3.8, 4) is 11.4 Å². The molecule has 11 nitrogen and oxygen atoms in total. The second kappa shape index (κ2) is 12.2. The summed E-state index contributed by atoms with van der Waals surface area (Å²) in [5, 5.41) is 23.3. The summed E-state index contributed by atoms with van der Waals surface area (Å²) in [5.74, 6) is -1.41.